The second-order valence-electron chi connectivity index (χ2n) is 8.88. The van der Waals surface area contributed by atoms with Gasteiger partial charge in [0, 0.05) is 5.69 Å². The third kappa shape index (κ3) is 6.50. The Morgan fingerprint density at radius 3 is 2.34 bits per heavy atom. The number of amides is 1. The minimum Gasteiger partial charge on any atom is -0.495 e. The van der Waals surface area contributed by atoms with Crippen LogP contribution in [0, 0.1) is 6.92 Å². The first-order valence-electron chi connectivity index (χ1n) is 11.8. The van der Waals surface area contributed by atoms with Crippen LogP contribution in [-0.4, -0.2) is 27.5 Å². The van der Waals surface area contributed by atoms with Crippen LogP contribution in [0.25, 0.3) is 0 Å². The van der Waals surface area contributed by atoms with Crippen molar-refractivity contribution in [1.82, 2.24) is 4.72 Å². The quantitative estimate of drug-likeness (QED) is 0.405. The van der Waals surface area contributed by atoms with Crippen LogP contribution < -0.4 is 14.8 Å². The highest BCUT2D eigenvalue weighted by molar-refractivity contribution is 7.89. The van der Waals surface area contributed by atoms with Gasteiger partial charge in [-0.3, -0.25) is 4.79 Å². The molecule has 0 fully saturated rings. The Bertz CT molecular complexity index is 1270. The second kappa shape index (κ2) is 11.5. The minimum atomic E-state index is -4.08. The molecule has 0 radical (unpaired) electrons. The van der Waals surface area contributed by atoms with Gasteiger partial charge < -0.3 is 10.1 Å². The van der Waals surface area contributed by atoms with E-state index in [1.165, 1.54) is 7.11 Å². The molecule has 0 heterocycles. The lowest BCUT2D eigenvalue weighted by Crippen LogP contribution is -2.45. The van der Waals surface area contributed by atoms with E-state index < -0.39 is 22.0 Å². The van der Waals surface area contributed by atoms with Crippen LogP contribution in [0.2, 0.25) is 0 Å². The number of hydrogen-bond donors (Lipinski definition) is 2. The van der Waals surface area contributed by atoms with Gasteiger partial charge in [-0.2, -0.15) is 4.72 Å². The fourth-order valence-electron chi connectivity index (χ4n) is 3.96. The van der Waals surface area contributed by atoms with Gasteiger partial charge in [-0.05, 0) is 60.1 Å². The zero-order chi connectivity index (χ0) is 25.6. The smallest absolute Gasteiger partial charge is 0.245 e. The number of para-hydroxylation sites is 1. The summed E-state index contributed by atoms with van der Waals surface area (Å²) in [6.07, 6.45) is 0.941. The number of carbonyl (C=O) groups excluding carboxylic acids is 1. The van der Waals surface area contributed by atoms with Crippen LogP contribution in [0.15, 0.2) is 71.6 Å². The third-order valence-corrected chi connectivity index (χ3v) is 7.52. The molecule has 1 amide bonds. The first kappa shape index (κ1) is 26.4. The molecule has 0 bridgehead atoms. The van der Waals surface area contributed by atoms with Crippen LogP contribution in [0.3, 0.4) is 0 Å². The lowest BCUT2D eigenvalue weighted by atomic mass is 10.0. The van der Waals surface area contributed by atoms with Crippen LogP contribution >= 0.6 is 0 Å². The minimum absolute atomic E-state index is 0.0159. The Hall–Kier alpha value is -3.16. The molecule has 186 valence electrons. The lowest BCUT2D eigenvalue weighted by molar-refractivity contribution is -0.117. The van der Waals surface area contributed by atoms with E-state index in [1.54, 1.807) is 12.1 Å². The average molecular weight is 495 g/mol. The summed E-state index contributed by atoms with van der Waals surface area (Å²) in [5.41, 5.74) is 4.34. The first-order chi connectivity index (χ1) is 16.7. The van der Waals surface area contributed by atoms with Crippen molar-refractivity contribution in [2.24, 2.45) is 0 Å². The van der Waals surface area contributed by atoms with E-state index in [1.807, 2.05) is 82.3 Å². The van der Waals surface area contributed by atoms with Crippen molar-refractivity contribution in [3.63, 3.8) is 0 Å². The summed E-state index contributed by atoms with van der Waals surface area (Å²) in [6, 6.07) is 19.3. The van der Waals surface area contributed by atoms with E-state index in [9.17, 15) is 13.2 Å². The maximum atomic E-state index is 13.6. The molecule has 35 heavy (non-hydrogen) atoms. The van der Waals surface area contributed by atoms with Gasteiger partial charge in [0.2, 0.25) is 15.9 Å². The molecular weight excluding hydrogens is 460 g/mol. The van der Waals surface area contributed by atoms with E-state index in [-0.39, 0.29) is 23.0 Å². The molecule has 2 N–H and O–H groups in total. The van der Waals surface area contributed by atoms with Crippen molar-refractivity contribution in [2.45, 2.75) is 57.4 Å². The number of aryl methyl sites for hydroxylation is 2. The summed E-state index contributed by atoms with van der Waals surface area (Å²) in [4.78, 5) is 13.5. The molecular formula is C28H34N2O4S. The first-order valence-corrected chi connectivity index (χ1v) is 13.3. The number of benzene rings is 3. The predicted molar refractivity (Wildman–Crippen MR) is 141 cm³/mol. The van der Waals surface area contributed by atoms with E-state index in [0.717, 1.165) is 34.4 Å². The fraction of sp³-hybridized carbons (Fsp3) is 0.321. The monoisotopic (exact) mass is 494 g/mol. The molecule has 0 aliphatic carbocycles. The largest absolute Gasteiger partial charge is 0.495 e. The topological polar surface area (TPSA) is 84.5 Å². The molecule has 0 saturated carbocycles. The molecule has 0 saturated heterocycles. The van der Waals surface area contributed by atoms with Gasteiger partial charge in [0.25, 0.3) is 0 Å². The van der Waals surface area contributed by atoms with Gasteiger partial charge >= 0.3 is 0 Å². The van der Waals surface area contributed by atoms with Gasteiger partial charge in [-0.25, -0.2) is 8.42 Å². The summed E-state index contributed by atoms with van der Waals surface area (Å²) < 4.78 is 35.1. The van der Waals surface area contributed by atoms with E-state index in [2.05, 4.69) is 10.0 Å². The zero-order valence-electron chi connectivity index (χ0n) is 21.0. The third-order valence-electron chi connectivity index (χ3n) is 6.03. The van der Waals surface area contributed by atoms with E-state index >= 15 is 0 Å². The normalized spacial score (nSPS) is 12.4. The number of rotatable bonds is 10. The number of sulfonamides is 1. The molecule has 6 nitrogen and oxygen atoms in total. The Balaban J connectivity index is 1.99. The maximum Gasteiger partial charge on any atom is 0.245 e. The molecule has 0 spiro atoms. The van der Waals surface area contributed by atoms with Crippen molar-refractivity contribution in [3.05, 3.63) is 89.0 Å². The molecule has 0 aliphatic rings. The molecule has 0 aromatic heterocycles. The van der Waals surface area contributed by atoms with Crippen LogP contribution in [0.1, 0.15) is 48.9 Å². The summed E-state index contributed by atoms with van der Waals surface area (Å²) in [5.74, 6) is -0.0554. The Kier molecular flexibility index (Phi) is 8.70. The number of nitrogens with one attached hydrogen (secondary N) is 2. The average Bonchev–Trinajstić information content (AvgIpc) is 2.84. The Morgan fingerprint density at radius 1 is 1.00 bits per heavy atom. The van der Waals surface area contributed by atoms with Crippen molar-refractivity contribution in [1.29, 1.82) is 0 Å². The molecule has 7 heteroatoms. The lowest BCUT2D eigenvalue weighted by Gasteiger charge is -2.22. The van der Waals surface area contributed by atoms with E-state index in [4.69, 9.17) is 4.74 Å². The summed E-state index contributed by atoms with van der Waals surface area (Å²) in [7, 11) is -2.64. The SMILES string of the molecule is CCc1cccc(C)c1NC(=O)C(Cc1ccccc1)NS(=O)(=O)c1cc(C(C)C)ccc1OC. The number of ether oxygens (including phenoxy) is 1. The molecule has 0 aliphatic heterocycles. The number of carbonyl (C=O) groups is 1. The van der Waals surface area contributed by atoms with Gasteiger partial charge in [0.05, 0.1) is 7.11 Å². The van der Waals surface area contributed by atoms with Crippen molar-refractivity contribution in [3.8, 4) is 5.75 Å². The zero-order valence-corrected chi connectivity index (χ0v) is 21.8. The Morgan fingerprint density at radius 2 is 1.71 bits per heavy atom. The highest BCUT2D eigenvalue weighted by Crippen LogP contribution is 2.28. The molecule has 3 rings (SSSR count). The molecule has 1 unspecified atom stereocenters. The number of hydrogen-bond acceptors (Lipinski definition) is 4. The van der Waals surface area contributed by atoms with Gasteiger partial charge in [-0.15, -0.1) is 0 Å². The van der Waals surface area contributed by atoms with Crippen molar-refractivity contribution >= 4 is 21.6 Å². The van der Waals surface area contributed by atoms with Crippen molar-refractivity contribution in [2.75, 3.05) is 12.4 Å². The van der Waals surface area contributed by atoms with Crippen LogP contribution in [0.5, 0.6) is 5.75 Å². The summed E-state index contributed by atoms with van der Waals surface area (Å²) >= 11 is 0. The second-order valence-corrected chi connectivity index (χ2v) is 10.6. The highest BCUT2D eigenvalue weighted by Gasteiger charge is 2.29. The molecule has 1 atom stereocenters. The molecule has 3 aromatic rings. The number of anilines is 1. The standard InChI is InChI=1S/C28H34N2O4S/c1-6-22-14-10-11-20(4)27(22)29-28(31)24(17-21-12-8-7-9-13-21)30-35(32,33)26-18-23(19(2)3)15-16-25(26)34-5/h7-16,18-19,24,30H,6,17H2,1-5H3,(H,29,31). The van der Waals surface area contributed by atoms with Crippen LogP contribution in [-0.2, 0) is 27.7 Å². The molecule has 3 aromatic carbocycles. The van der Waals surface area contributed by atoms with Gasteiger partial charge in [0.15, 0.2) is 0 Å². The highest BCUT2D eigenvalue weighted by atomic mass is 32.2. The summed E-state index contributed by atoms with van der Waals surface area (Å²) in [6.45, 7) is 7.92. The Labute approximate surface area is 208 Å². The van der Waals surface area contributed by atoms with E-state index in [0.29, 0.717) is 0 Å². The van der Waals surface area contributed by atoms with Crippen LogP contribution in [0.4, 0.5) is 5.69 Å². The van der Waals surface area contributed by atoms with Gasteiger partial charge in [-0.1, -0.05) is 75.4 Å². The fourth-order valence-corrected chi connectivity index (χ4v) is 5.36. The van der Waals surface area contributed by atoms with Gasteiger partial charge in [0.1, 0.15) is 16.7 Å². The maximum absolute atomic E-state index is 13.6. The number of methoxy groups -OCH3 is 1. The summed E-state index contributed by atoms with van der Waals surface area (Å²) in [5, 5.41) is 2.99. The predicted octanol–water partition coefficient (Wildman–Crippen LogP) is 5.22. The van der Waals surface area contributed by atoms with Crippen molar-refractivity contribution < 1.29 is 17.9 Å².